The molecule has 1 aliphatic heterocycles. The third-order valence-electron chi connectivity index (χ3n) is 5.57. The van der Waals surface area contributed by atoms with Gasteiger partial charge in [0.25, 0.3) is 0 Å². The summed E-state index contributed by atoms with van der Waals surface area (Å²) in [5.41, 5.74) is 5.87. The first-order valence-corrected chi connectivity index (χ1v) is 10.0. The van der Waals surface area contributed by atoms with E-state index in [0.29, 0.717) is 6.04 Å². The fourth-order valence-electron chi connectivity index (χ4n) is 3.80. The molecule has 2 fully saturated rings. The van der Waals surface area contributed by atoms with E-state index in [0.717, 1.165) is 12.0 Å². The minimum absolute atomic E-state index is 0.0186. The molecule has 27 heavy (non-hydrogen) atoms. The number of piperidine rings is 1. The molecule has 1 saturated heterocycles. The number of nitrogens with zero attached hydrogens (tertiary/aromatic N) is 1. The van der Waals surface area contributed by atoms with Gasteiger partial charge >= 0.3 is 11.9 Å². The van der Waals surface area contributed by atoms with Crippen LogP contribution in [0.2, 0.25) is 0 Å². The summed E-state index contributed by atoms with van der Waals surface area (Å²) in [4.78, 5) is 23.4. The molecule has 1 saturated carbocycles. The Hall–Kier alpha value is -1.92. The average Bonchev–Trinajstić information content (AvgIpc) is 2.69. The summed E-state index contributed by atoms with van der Waals surface area (Å²) in [7, 11) is 0. The van der Waals surface area contributed by atoms with Crippen LogP contribution in [0.5, 0.6) is 0 Å². The van der Waals surface area contributed by atoms with E-state index in [2.05, 4.69) is 4.90 Å². The Kier molecular flexibility index (Phi) is 8.75. The van der Waals surface area contributed by atoms with E-state index in [9.17, 15) is 9.59 Å². The summed E-state index contributed by atoms with van der Waals surface area (Å²) in [5.74, 6) is -1.22. The van der Waals surface area contributed by atoms with Gasteiger partial charge in [0, 0.05) is 6.04 Å². The van der Waals surface area contributed by atoms with Crippen molar-refractivity contribution in [3.63, 3.8) is 0 Å². The molecule has 4 N–H and O–H groups in total. The smallest absolute Gasteiger partial charge is 0.335 e. The zero-order chi connectivity index (χ0) is 19.6. The Labute approximate surface area is 161 Å². The molecule has 0 spiro atoms. The van der Waals surface area contributed by atoms with Crippen molar-refractivity contribution in [3.8, 4) is 0 Å². The topological polar surface area (TPSA) is 104 Å². The second kappa shape index (κ2) is 11.0. The normalized spacial score (nSPS) is 19.1. The summed E-state index contributed by atoms with van der Waals surface area (Å²) < 4.78 is 0. The van der Waals surface area contributed by atoms with E-state index < -0.39 is 11.9 Å². The number of hydrogen-bond donors (Lipinski definition) is 3. The fraction of sp³-hybridized carbons (Fsp3) is 0.619. The van der Waals surface area contributed by atoms with E-state index in [4.69, 9.17) is 15.9 Å². The van der Waals surface area contributed by atoms with Gasteiger partial charge in [-0.2, -0.15) is 0 Å². The largest absolute Gasteiger partial charge is 0.478 e. The van der Waals surface area contributed by atoms with E-state index in [1.54, 1.807) is 0 Å². The van der Waals surface area contributed by atoms with Crippen LogP contribution in [0.4, 0.5) is 0 Å². The maximum Gasteiger partial charge on any atom is 0.335 e. The van der Waals surface area contributed by atoms with Gasteiger partial charge in [-0.15, -0.1) is 0 Å². The molecule has 1 aromatic carbocycles. The van der Waals surface area contributed by atoms with Crippen molar-refractivity contribution < 1.29 is 19.8 Å². The summed E-state index contributed by atoms with van der Waals surface area (Å²) in [5, 5.41) is 17.0. The highest BCUT2D eigenvalue weighted by atomic mass is 16.4. The molecule has 6 heteroatoms. The van der Waals surface area contributed by atoms with Crippen LogP contribution < -0.4 is 5.73 Å². The molecule has 0 unspecified atom stereocenters. The van der Waals surface area contributed by atoms with Crippen molar-refractivity contribution in [2.45, 2.75) is 57.4 Å². The molecule has 6 nitrogen and oxygen atoms in total. The molecule has 150 valence electrons. The number of hydrogen-bond acceptors (Lipinski definition) is 4. The number of benzene rings is 1. The lowest BCUT2D eigenvalue weighted by Gasteiger charge is -2.31. The van der Waals surface area contributed by atoms with Crippen molar-refractivity contribution in [2.75, 3.05) is 19.6 Å². The van der Waals surface area contributed by atoms with Gasteiger partial charge in [0.1, 0.15) is 0 Å². The maximum absolute atomic E-state index is 10.4. The van der Waals surface area contributed by atoms with Crippen molar-refractivity contribution in [2.24, 2.45) is 11.7 Å². The summed E-state index contributed by atoms with van der Waals surface area (Å²) >= 11 is 0. The van der Waals surface area contributed by atoms with E-state index in [1.807, 2.05) is 0 Å². The summed E-state index contributed by atoms with van der Waals surface area (Å²) in [6.07, 6.45) is 11.3. The molecule has 1 heterocycles. The lowest BCUT2D eigenvalue weighted by atomic mass is 9.87. The van der Waals surface area contributed by atoms with Gasteiger partial charge in [0.15, 0.2) is 0 Å². The van der Waals surface area contributed by atoms with Gasteiger partial charge in [-0.25, -0.2) is 9.59 Å². The lowest BCUT2D eigenvalue weighted by Crippen LogP contribution is -2.40. The molecule has 0 aromatic heterocycles. The van der Waals surface area contributed by atoms with Crippen LogP contribution in [0.1, 0.15) is 72.1 Å². The number of carboxylic acid groups (broad SMARTS) is 2. The monoisotopic (exact) mass is 376 g/mol. The lowest BCUT2D eigenvalue weighted by molar-refractivity contribution is 0.0696. The number of carbonyl (C=O) groups is 2. The minimum atomic E-state index is -1.13. The summed E-state index contributed by atoms with van der Waals surface area (Å²) in [6.45, 7) is 3.82. The van der Waals surface area contributed by atoms with Crippen molar-refractivity contribution in [1.82, 2.24) is 4.90 Å². The fourth-order valence-corrected chi connectivity index (χ4v) is 3.80. The Morgan fingerprint density at radius 3 is 2.04 bits per heavy atom. The highest BCUT2D eigenvalue weighted by molar-refractivity contribution is 5.93. The van der Waals surface area contributed by atoms with Crippen LogP contribution in [0.3, 0.4) is 0 Å². The third kappa shape index (κ3) is 7.69. The maximum atomic E-state index is 10.4. The molecule has 0 amide bonds. The Morgan fingerprint density at radius 1 is 0.963 bits per heavy atom. The van der Waals surface area contributed by atoms with E-state index in [-0.39, 0.29) is 11.1 Å². The van der Waals surface area contributed by atoms with Crippen LogP contribution in [-0.2, 0) is 0 Å². The van der Waals surface area contributed by atoms with Crippen molar-refractivity contribution >= 4 is 11.9 Å². The first-order valence-electron chi connectivity index (χ1n) is 10.0. The second-order valence-electron chi connectivity index (χ2n) is 7.66. The molecule has 1 aliphatic carbocycles. The van der Waals surface area contributed by atoms with Crippen LogP contribution in [-0.4, -0.2) is 52.7 Å². The Balaban J connectivity index is 0.000000199. The van der Waals surface area contributed by atoms with Gasteiger partial charge in [0.05, 0.1) is 11.1 Å². The van der Waals surface area contributed by atoms with Gasteiger partial charge in [-0.3, -0.25) is 0 Å². The highest BCUT2D eigenvalue weighted by Gasteiger charge is 2.18. The second-order valence-corrected chi connectivity index (χ2v) is 7.66. The first-order chi connectivity index (χ1) is 13.0. The first kappa shape index (κ1) is 21.4. The SMILES string of the molecule is NC1CCN(CCC2CCCCC2)CC1.O=C(O)c1cccc(C(=O)O)c1. The number of rotatable bonds is 5. The number of likely N-dealkylation sites (tertiary alicyclic amines) is 1. The highest BCUT2D eigenvalue weighted by Crippen LogP contribution is 2.26. The molecule has 0 atom stereocenters. The van der Waals surface area contributed by atoms with Gasteiger partial charge in [-0.05, 0) is 63.0 Å². The van der Waals surface area contributed by atoms with E-state index in [1.165, 1.54) is 89.2 Å². The predicted molar refractivity (Wildman–Crippen MR) is 105 cm³/mol. The molecule has 0 radical (unpaired) electrons. The van der Waals surface area contributed by atoms with E-state index >= 15 is 0 Å². The van der Waals surface area contributed by atoms with Crippen LogP contribution in [0.25, 0.3) is 0 Å². The molecular weight excluding hydrogens is 344 g/mol. The van der Waals surface area contributed by atoms with Gasteiger partial charge in [-0.1, -0.05) is 38.2 Å². The third-order valence-corrected chi connectivity index (χ3v) is 5.57. The molecule has 1 aromatic rings. The minimum Gasteiger partial charge on any atom is -0.478 e. The van der Waals surface area contributed by atoms with Gasteiger partial charge < -0.3 is 20.8 Å². The van der Waals surface area contributed by atoms with Crippen LogP contribution in [0.15, 0.2) is 24.3 Å². The standard InChI is InChI=1S/C13H26N2.C8H6O4/c14-13-7-10-15(11-8-13)9-6-12-4-2-1-3-5-12;9-7(10)5-2-1-3-6(4-5)8(11)12/h12-13H,1-11,14H2;1-4H,(H,9,10)(H,11,12). The molecule has 2 aliphatic rings. The number of carboxylic acids is 2. The molecule has 3 rings (SSSR count). The van der Waals surface area contributed by atoms with Gasteiger partial charge in [0.2, 0.25) is 0 Å². The number of aromatic carboxylic acids is 2. The molecule has 0 bridgehead atoms. The molecular formula is C21H32N2O4. The number of nitrogens with two attached hydrogens (primary N) is 1. The summed E-state index contributed by atoms with van der Waals surface area (Å²) in [6, 6.07) is 5.68. The van der Waals surface area contributed by atoms with Crippen molar-refractivity contribution in [3.05, 3.63) is 35.4 Å². The zero-order valence-corrected chi connectivity index (χ0v) is 16.0. The Bertz CT molecular complexity index is 577. The van der Waals surface area contributed by atoms with Crippen LogP contribution in [0, 0.1) is 5.92 Å². The van der Waals surface area contributed by atoms with Crippen LogP contribution >= 0.6 is 0 Å². The van der Waals surface area contributed by atoms with Crippen molar-refractivity contribution in [1.29, 1.82) is 0 Å². The predicted octanol–water partition coefficient (Wildman–Crippen LogP) is 3.46. The quantitative estimate of drug-likeness (QED) is 0.727. The average molecular weight is 376 g/mol. The zero-order valence-electron chi connectivity index (χ0n) is 16.0. The Morgan fingerprint density at radius 2 is 1.52 bits per heavy atom.